The van der Waals surface area contributed by atoms with Gasteiger partial charge in [0.25, 0.3) is 0 Å². The second kappa shape index (κ2) is 10.8. The third kappa shape index (κ3) is 4.77. The van der Waals surface area contributed by atoms with E-state index in [9.17, 15) is 19.5 Å². The predicted octanol–water partition coefficient (Wildman–Crippen LogP) is 1.91. The van der Waals surface area contributed by atoms with Gasteiger partial charge in [-0.1, -0.05) is 30.3 Å². The molecule has 8 nitrogen and oxygen atoms in total. The average Bonchev–Trinajstić information content (AvgIpc) is 3.45. The molecule has 0 spiro atoms. The van der Waals surface area contributed by atoms with Crippen LogP contribution in [0.5, 0.6) is 0 Å². The van der Waals surface area contributed by atoms with Gasteiger partial charge in [-0.05, 0) is 49.4 Å². The molecule has 0 fully saturated rings. The molecule has 0 bridgehead atoms. The van der Waals surface area contributed by atoms with E-state index in [0.717, 1.165) is 25.0 Å². The first-order valence-electron chi connectivity index (χ1n) is 12.2. The topological polar surface area (TPSA) is 104 Å². The quantitative estimate of drug-likeness (QED) is 0.344. The number of carbonyl (C=O) groups excluding carboxylic acids is 3. The Kier molecular flexibility index (Phi) is 7.55. The maximum atomic E-state index is 13.6. The minimum Gasteiger partial charge on any atom is -0.868 e. The summed E-state index contributed by atoms with van der Waals surface area (Å²) < 4.78 is 10.5. The second-order valence-electron chi connectivity index (χ2n) is 8.80. The molecule has 3 aromatic rings. The largest absolute Gasteiger partial charge is 0.868 e. The Balaban J connectivity index is 1.71. The number of nitrogens with zero attached hydrogens (tertiary/aromatic N) is 1. The van der Waals surface area contributed by atoms with Crippen LogP contribution < -0.4 is 10.0 Å². The highest BCUT2D eigenvalue weighted by Crippen LogP contribution is 2.39. The van der Waals surface area contributed by atoms with E-state index in [0.29, 0.717) is 29.7 Å². The van der Waals surface area contributed by atoms with Crippen molar-refractivity contribution < 1.29 is 33.5 Å². The summed E-state index contributed by atoms with van der Waals surface area (Å²) in [6.07, 6.45) is 0.679. The van der Waals surface area contributed by atoms with Crippen LogP contribution in [-0.4, -0.2) is 55.8 Å². The van der Waals surface area contributed by atoms with Gasteiger partial charge in [-0.3, -0.25) is 9.59 Å². The Labute approximate surface area is 209 Å². The van der Waals surface area contributed by atoms with Crippen LogP contribution in [0.3, 0.4) is 0 Å². The first-order valence-corrected chi connectivity index (χ1v) is 12.2. The Morgan fingerprint density at radius 1 is 1.08 bits per heavy atom. The Bertz CT molecular complexity index is 1270. The van der Waals surface area contributed by atoms with Crippen LogP contribution in [-0.2, 0) is 9.53 Å². The number of fused-ring (bicyclic) bond motifs is 1. The molecule has 2 aromatic carbocycles. The molecule has 0 radical (unpaired) electrons. The van der Waals surface area contributed by atoms with Crippen LogP contribution in [0.1, 0.15) is 52.8 Å². The molecule has 0 saturated heterocycles. The van der Waals surface area contributed by atoms with E-state index < -0.39 is 29.5 Å². The highest BCUT2D eigenvalue weighted by atomic mass is 16.5. The number of rotatable bonds is 10. The number of quaternary nitrogens is 1. The van der Waals surface area contributed by atoms with Gasteiger partial charge in [0.1, 0.15) is 5.58 Å². The van der Waals surface area contributed by atoms with Crippen molar-refractivity contribution in [3.8, 4) is 0 Å². The fraction of sp³-hybridized carbons (Fsp3) is 0.321. The summed E-state index contributed by atoms with van der Waals surface area (Å²) >= 11 is 0. The van der Waals surface area contributed by atoms with Crippen LogP contribution >= 0.6 is 0 Å². The number of para-hydroxylation sites is 1. The van der Waals surface area contributed by atoms with Gasteiger partial charge in [0.15, 0.2) is 5.76 Å². The third-order valence-corrected chi connectivity index (χ3v) is 6.76. The van der Waals surface area contributed by atoms with Gasteiger partial charge in [-0.15, -0.1) is 0 Å². The maximum Gasteiger partial charge on any atom is 0.337 e. The normalized spacial score (nSPS) is 15.8. The molecule has 1 aliphatic rings. The molecular weight excluding hydrogens is 460 g/mol. The van der Waals surface area contributed by atoms with E-state index in [4.69, 9.17) is 9.15 Å². The number of esters is 1. The lowest BCUT2D eigenvalue weighted by Crippen LogP contribution is -3.11. The third-order valence-electron chi connectivity index (χ3n) is 6.76. The highest BCUT2D eigenvalue weighted by Gasteiger charge is 2.40. The number of amides is 1. The zero-order valence-corrected chi connectivity index (χ0v) is 20.7. The summed E-state index contributed by atoms with van der Waals surface area (Å²) in [6, 6.07) is 14.3. The van der Waals surface area contributed by atoms with Crippen molar-refractivity contribution in [3.63, 3.8) is 0 Å². The fourth-order valence-corrected chi connectivity index (χ4v) is 4.70. The van der Waals surface area contributed by atoms with E-state index in [2.05, 4.69) is 13.8 Å². The highest BCUT2D eigenvalue weighted by molar-refractivity contribution is 6.15. The van der Waals surface area contributed by atoms with Crippen molar-refractivity contribution in [2.24, 2.45) is 0 Å². The Hall–Kier alpha value is -3.91. The minimum absolute atomic E-state index is 0.0120. The lowest BCUT2D eigenvalue weighted by Gasteiger charge is -2.28. The molecule has 1 aliphatic heterocycles. The van der Waals surface area contributed by atoms with Crippen LogP contribution in [0.25, 0.3) is 11.0 Å². The zero-order valence-electron chi connectivity index (χ0n) is 20.7. The van der Waals surface area contributed by atoms with Gasteiger partial charge < -0.3 is 24.1 Å². The number of nitrogens with one attached hydrogen (secondary N) is 1. The van der Waals surface area contributed by atoms with Crippen LogP contribution in [0.4, 0.5) is 0 Å². The van der Waals surface area contributed by atoms with Crippen LogP contribution in [0, 0.1) is 0 Å². The maximum absolute atomic E-state index is 13.6. The molecular formula is C28H30N2O6. The molecule has 2 heterocycles. The summed E-state index contributed by atoms with van der Waals surface area (Å²) in [5.41, 5.74) is 1.28. The molecule has 0 saturated carbocycles. The molecule has 1 unspecified atom stereocenters. The van der Waals surface area contributed by atoms with Crippen LogP contribution in [0.15, 0.2) is 70.3 Å². The lowest BCUT2D eigenvalue weighted by molar-refractivity contribution is -0.896. The fourth-order valence-electron chi connectivity index (χ4n) is 4.70. The Morgan fingerprint density at radius 2 is 1.78 bits per heavy atom. The van der Waals surface area contributed by atoms with E-state index in [1.807, 2.05) is 12.1 Å². The number of methoxy groups -OCH3 is 1. The number of ether oxygens (including phenoxy) is 1. The van der Waals surface area contributed by atoms with Crippen molar-refractivity contribution >= 4 is 28.6 Å². The van der Waals surface area contributed by atoms with Gasteiger partial charge in [0.2, 0.25) is 11.7 Å². The zero-order chi connectivity index (χ0) is 25.8. The number of hydrogen-bond acceptors (Lipinski definition) is 6. The monoisotopic (exact) mass is 490 g/mol. The van der Waals surface area contributed by atoms with E-state index in [1.54, 1.807) is 42.5 Å². The summed E-state index contributed by atoms with van der Waals surface area (Å²) in [7, 11) is 1.29. The second-order valence-corrected chi connectivity index (χ2v) is 8.80. The molecule has 1 atom stereocenters. The van der Waals surface area contributed by atoms with Crippen LogP contribution in [0.2, 0.25) is 0 Å². The van der Waals surface area contributed by atoms with Gasteiger partial charge in [-0.25, -0.2) is 4.79 Å². The summed E-state index contributed by atoms with van der Waals surface area (Å²) in [6.45, 7) is 7.30. The summed E-state index contributed by atoms with van der Waals surface area (Å²) in [5, 5.41) is 13.9. The van der Waals surface area contributed by atoms with Crippen molar-refractivity contribution in [2.45, 2.75) is 26.3 Å². The molecule has 1 N–H and O–H groups in total. The van der Waals surface area contributed by atoms with E-state index >= 15 is 0 Å². The minimum atomic E-state index is -0.871. The van der Waals surface area contributed by atoms with Crippen molar-refractivity contribution in [2.75, 3.05) is 33.3 Å². The first kappa shape index (κ1) is 25.2. The van der Waals surface area contributed by atoms with Crippen molar-refractivity contribution in [1.82, 2.24) is 4.90 Å². The predicted molar refractivity (Wildman–Crippen MR) is 131 cm³/mol. The molecule has 36 heavy (non-hydrogen) atoms. The molecule has 1 aromatic heterocycles. The number of furan rings is 1. The van der Waals surface area contributed by atoms with E-state index in [-0.39, 0.29) is 11.3 Å². The smallest absolute Gasteiger partial charge is 0.337 e. The number of Topliss-reactive ketones (excluding diaryl/α,β-unsaturated/α-hetero) is 1. The summed E-state index contributed by atoms with van der Waals surface area (Å²) in [4.78, 5) is 41.5. The van der Waals surface area contributed by atoms with Gasteiger partial charge in [0, 0.05) is 23.9 Å². The number of hydrogen-bond donors (Lipinski definition) is 1. The standard InChI is InChI=1S/C28H30N2O6/c1-4-29(5-2)15-8-16-30-24(18-11-13-19(14-12-18)28(34)35-3)23(26(32)27(30)33)25(31)22-17-20-9-6-7-10-21(20)36-22/h6-7,9-14,17,24,32H,4-5,8,15-16H2,1-3H3. The molecule has 1 amide bonds. The lowest BCUT2D eigenvalue weighted by atomic mass is 9.94. The first-order chi connectivity index (χ1) is 17.4. The number of ketones is 1. The van der Waals surface area contributed by atoms with E-state index in [1.165, 1.54) is 16.9 Å². The molecule has 8 heteroatoms. The number of benzene rings is 2. The SMILES string of the molecule is CC[NH+](CC)CCCN1C(=O)C([O-])=C(C(=O)c2cc3ccccc3o2)C1c1ccc(C(=O)OC)cc1. The summed E-state index contributed by atoms with van der Waals surface area (Å²) in [5.74, 6) is -2.62. The molecule has 4 rings (SSSR count). The molecule has 188 valence electrons. The van der Waals surface area contributed by atoms with Gasteiger partial charge in [-0.2, -0.15) is 0 Å². The van der Waals surface area contributed by atoms with Crippen molar-refractivity contribution in [1.29, 1.82) is 0 Å². The number of carbonyl (C=O) groups is 3. The van der Waals surface area contributed by atoms with Gasteiger partial charge in [0.05, 0.1) is 38.3 Å². The molecule has 0 aliphatic carbocycles. The van der Waals surface area contributed by atoms with Gasteiger partial charge >= 0.3 is 5.97 Å². The average molecular weight is 491 g/mol. The van der Waals surface area contributed by atoms with Crippen molar-refractivity contribution in [3.05, 3.63) is 82.8 Å². The Morgan fingerprint density at radius 3 is 2.42 bits per heavy atom.